The molecule has 1 aromatic rings. The lowest BCUT2D eigenvalue weighted by Gasteiger charge is -2.15. The summed E-state index contributed by atoms with van der Waals surface area (Å²) in [4.78, 5) is 13.5. The van der Waals surface area contributed by atoms with Crippen molar-refractivity contribution in [1.29, 1.82) is 0 Å². The van der Waals surface area contributed by atoms with Crippen LogP contribution in [0.25, 0.3) is 0 Å². The Bertz CT molecular complexity index is 450. The van der Waals surface area contributed by atoms with Crippen LogP contribution in [0.3, 0.4) is 0 Å². The first-order valence-corrected chi connectivity index (χ1v) is 6.34. The third-order valence-corrected chi connectivity index (χ3v) is 3.16. The van der Waals surface area contributed by atoms with E-state index in [4.69, 9.17) is 5.73 Å². The molecule has 4 nitrogen and oxygen atoms in total. The van der Waals surface area contributed by atoms with Crippen LogP contribution in [-0.2, 0) is 4.79 Å². The summed E-state index contributed by atoms with van der Waals surface area (Å²) in [6.07, 6.45) is 2.28. The fourth-order valence-electron chi connectivity index (χ4n) is 2.18. The topological polar surface area (TPSA) is 58.4 Å². The predicted octanol–water partition coefficient (Wildman–Crippen LogP) is 1.97. The van der Waals surface area contributed by atoms with Gasteiger partial charge < -0.3 is 16.0 Å². The number of benzene rings is 1. The summed E-state index contributed by atoms with van der Waals surface area (Å²) < 4.78 is 26.9. The maximum Gasteiger partial charge on any atom is 0.224 e. The molecule has 0 bridgehead atoms. The minimum absolute atomic E-state index is 0.0151. The van der Waals surface area contributed by atoms with Gasteiger partial charge in [-0.3, -0.25) is 4.79 Å². The normalized spacial score (nSPS) is 14.7. The van der Waals surface area contributed by atoms with E-state index in [9.17, 15) is 13.6 Å². The minimum atomic E-state index is -0.744. The van der Waals surface area contributed by atoms with Crippen LogP contribution >= 0.6 is 0 Å². The fraction of sp³-hybridized carbons (Fsp3) is 0.462. The first-order valence-electron chi connectivity index (χ1n) is 6.34. The van der Waals surface area contributed by atoms with Crippen LogP contribution in [0.1, 0.15) is 19.3 Å². The molecule has 0 radical (unpaired) electrons. The van der Waals surface area contributed by atoms with Gasteiger partial charge in [-0.1, -0.05) is 0 Å². The van der Waals surface area contributed by atoms with E-state index in [-0.39, 0.29) is 30.2 Å². The van der Waals surface area contributed by atoms with Crippen LogP contribution in [0.2, 0.25) is 0 Å². The number of amides is 1. The van der Waals surface area contributed by atoms with Crippen molar-refractivity contribution in [3.8, 4) is 0 Å². The van der Waals surface area contributed by atoms with Crippen LogP contribution in [0, 0.1) is 11.6 Å². The summed E-state index contributed by atoms with van der Waals surface area (Å²) in [6.45, 7) is 1.76. The number of hydrogen-bond donors (Lipinski definition) is 2. The molecule has 1 saturated heterocycles. The molecular weight excluding hydrogens is 252 g/mol. The van der Waals surface area contributed by atoms with E-state index in [1.165, 1.54) is 0 Å². The van der Waals surface area contributed by atoms with Crippen LogP contribution in [0.4, 0.5) is 20.2 Å². The summed E-state index contributed by atoms with van der Waals surface area (Å²) >= 11 is 0. The van der Waals surface area contributed by atoms with E-state index in [0.717, 1.165) is 38.1 Å². The molecule has 1 aromatic carbocycles. The summed E-state index contributed by atoms with van der Waals surface area (Å²) in [7, 11) is 0. The van der Waals surface area contributed by atoms with Crippen molar-refractivity contribution in [3.63, 3.8) is 0 Å². The SMILES string of the molecule is Nc1cc(F)c(NCCC(=O)N2CCCC2)c(F)c1. The Balaban J connectivity index is 1.87. The zero-order valence-corrected chi connectivity index (χ0v) is 10.6. The van der Waals surface area contributed by atoms with E-state index in [1.807, 2.05) is 0 Å². The maximum atomic E-state index is 13.5. The molecule has 0 saturated carbocycles. The van der Waals surface area contributed by atoms with Gasteiger partial charge in [-0.25, -0.2) is 8.78 Å². The molecule has 1 aliphatic rings. The number of nitrogens with zero attached hydrogens (tertiary/aromatic N) is 1. The van der Waals surface area contributed by atoms with E-state index in [1.54, 1.807) is 4.90 Å². The lowest BCUT2D eigenvalue weighted by Crippen LogP contribution is -2.29. The molecule has 19 heavy (non-hydrogen) atoms. The van der Waals surface area contributed by atoms with E-state index < -0.39 is 11.6 Å². The van der Waals surface area contributed by atoms with Crippen LogP contribution in [0.15, 0.2) is 12.1 Å². The van der Waals surface area contributed by atoms with Crippen LogP contribution < -0.4 is 11.1 Å². The average molecular weight is 269 g/mol. The van der Waals surface area contributed by atoms with Crippen molar-refractivity contribution in [1.82, 2.24) is 4.90 Å². The van der Waals surface area contributed by atoms with Crippen molar-refractivity contribution < 1.29 is 13.6 Å². The third-order valence-electron chi connectivity index (χ3n) is 3.16. The molecule has 0 aliphatic carbocycles. The zero-order chi connectivity index (χ0) is 13.8. The van der Waals surface area contributed by atoms with Gasteiger partial charge in [-0.05, 0) is 25.0 Å². The van der Waals surface area contributed by atoms with Gasteiger partial charge >= 0.3 is 0 Å². The van der Waals surface area contributed by atoms with Crippen LogP contribution in [0.5, 0.6) is 0 Å². The Morgan fingerprint density at radius 3 is 2.42 bits per heavy atom. The van der Waals surface area contributed by atoms with E-state index in [0.29, 0.717) is 0 Å². The number of nitrogens with two attached hydrogens (primary N) is 1. The second-order valence-electron chi connectivity index (χ2n) is 4.62. The van der Waals surface area contributed by atoms with Gasteiger partial charge in [0.15, 0.2) is 11.6 Å². The quantitative estimate of drug-likeness (QED) is 0.822. The largest absolute Gasteiger partial charge is 0.399 e. The van der Waals surface area contributed by atoms with Gasteiger partial charge in [0.25, 0.3) is 0 Å². The molecule has 1 fully saturated rings. The lowest BCUT2D eigenvalue weighted by atomic mass is 10.2. The summed E-state index contributed by atoms with van der Waals surface area (Å²) in [5.41, 5.74) is 5.12. The van der Waals surface area contributed by atoms with Crippen molar-refractivity contribution in [3.05, 3.63) is 23.8 Å². The maximum absolute atomic E-state index is 13.5. The van der Waals surface area contributed by atoms with Gasteiger partial charge in [0.05, 0.1) is 0 Å². The Kier molecular flexibility index (Phi) is 4.19. The summed E-state index contributed by atoms with van der Waals surface area (Å²) in [6, 6.07) is 2.10. The second kappa shape index (κ2) is 5.86. The minimum Gasteiger partial charge on any atom is -0.399 e. The highest BCUT2D eigenvalue weighted by Crippen LogP contribution is 2.21. The molecule has 0 atom stereocenters. The zero-order valence-electron chi connectivity index (χ0n) is 10.6. The molecule has 3 N–H and O–H groups in total. The monoisotopic (exact) mass is 269 g/mol. The molecule has 1 heterocycles. The van der Waals surface area contributed by atoms with Gasteiger partial charge in [0.1, 0.15) is 5.69 Å². The second-order valence-corrected chi connectivity index (χ2v) is 4.62. The molecule has 6 heteroatoms. The Morgan fingerprint density at radius 1 is 1.26 bits per heavy atom. The Morgan fingerprint density at radius 2 is 1.84 bits per heavy atom. The van der Waals surface area contributed by atoms with Crippen molar-refractivity contribution in [2.45, 2.75) is 19.3 Å². The standard InChI is InChI=1S/C13H17F2N3O/c14-10-7-9(16)8-11(15)13(10)17-4-3-12(19)18-5-1-2-6-18/h7-8,17H,1-6,16H2. The van der Waals surface area contributed by atoms with Crippen LogP contribution in [-0.4, -0.2) is 30.4 Å². The van der Waals surface area contributed by atoms with Gasteiger partial charge in [-0.15, -0.1) is 0 Å². The molecule has 1 aliphatic heterocycles. The van der Waals surface area contributed by atoms with Crippen molar-refractivity contribution in [2.75, 3.05) is 30.7 Å². The fourth-order valence-corrected chi connectivity index (χ4v) is 2.18. The number of nitrogens with one attached hydrogen (secondary N) is 1. The highest BCUT2D eigenvalue weighted by atomic mass is 19.1. The van der Waals surface area contributed by atoms with Gasteiger partial charge in [0, 0.05) is 31.7 Å². The predicted molar refractivity (Wildman–Crippen MR) is 69.7 cm³/mol. The van der Waals surface area contributed by atoms with Gasteiger partial charge in [0.2, 0.25) is 5.91 Å². The first kappa shape index (κ1) is 13.6. The van der Waals surface area contributed by atoms with Crippen molar-refractivity contribution >= 4 is 17.3 Å². The number of hydrogen-bond acceptors (Lipinski definition) is 3. The number of nitrogen functional groups attached to an aromatic ring is 1. The number of anilines is 2. The molecule has 0 spiro atoms. The van der Waals surface area contributed by atoms with Crippen molar-refractivity contribution in [2.24, 2.45) is 0 Å². The Labute approximate surface area is 110 Å². The van der Waals surface area contributed by atoms with E-state index >= 15 is 0 Å². The molecule has 1 amide bonds. The number of rotatable bonds is 4. The lowest BCUT2D eigenvalue weighted by molar-refractivity contribution is -0.129. The molecule has 0 aromatic heterocycles. The summed E-state index contributed by atoms with van der Waals surface area (Å²) in [5, 5.41) is 2.61. The number of halogens is 2. The third kappa shape index (κ3) is 3.33. The molecule has 104 valence electrons. The molecular formula is C13H17F2N3O. The average Bonchev–Trinajstić information content (AvgIpc) is 2.85. The Hall–Kier alpha value is -1.85. The summed E-state index contributed by atoms with van der Waals surface area (Å²) in [5.74, 6) is -1.47. The molecule has 2 rings (SSSR count). The van der Waals surface area contributed by atoms with Gasteiger partial charge in [-0.2, -0.15) is 0 Å². The van der Waals surface area contributed by atoms with E-state index in [2.05, 4.69) is 5.32 Å². The number of carbonyl (C=O) groups is 1. The smallest absolute Gasteiger partial charge is 0.224 e. The number of carbonyl (C=O) groups excluding carboxylic acids is 1. The number of likely N-dealkylation sites (tertiary alicyclic amines) is 1. The highest BCUT2D eigenvalue weighted by Gasteiger charge is 2.17. The highest BCUT2D eigenvalue weighted by molar-refractivity contribution is 5.77. The molecule has 0 unspecified atom stereocenters. The first-order chi connectivity index (χ1) is 9.08.